The normalized spacial score (nSPS) is 13.7. The summed E-state index contributed by atoms with van der Waals surface area (Å²) in [6.07, 6.45) is 4.60. The topological polar surface area (TPSA) is 70.1 Å². The van der Waals surface area contributed by atoms with Crippen molar-refractivity contribution in [2.45, 2.75) is 26.2 Å². The van der Waals surface area contributed by atoms with Gasteiger partial charge >= 0.3 is 0 Å². The van der Waals surface area contributed by atoms with E-state index in [2.05, 4.69) is 20.7 Å². The lowest BCUT2D eigenvalue weighted by molar-refractivity contribution is 0.0949. The molecule has 1 aliphatic carbocycles. The van der Waals surface area contributed by atoms with E-state index in [9.17, 15) is 4.79 Å². The summed E-state index contributed by atoms with van der Waals surface area (Å²) in [7, 11) is 0. The van der Waals surface area contributed by atoms with E-state index in [4.69, 9.17) is 0 Å². The van der Waals surface area contributed by atoms with Gasteiger partial charge in [-0.25, -0.2) is 5.43 Å². The molecule has 0 unspecified atom stereocenters. The quantitative estimate of drug-likeness (QED) is 0.660. The Bertz CT molecular complexity index is 655. The fourth-order valence-electron chi connectivity index (χ4n) is 2.38. The molecular formula is C15H16N4O. The van der Waals surface area contributed by atoms with Crippen LogP contribution in [-0.2, 0) is 12.8 Å². The molecule has 0 spiro atoms. The molecule has 2 N–H and O–H groups in total. The molecule has 3 rings (SSSR count). The molecule has 102 valence electrons. The molecule has 0 fully saturated rings. The van der Waals surface area contributed by atoms with Gasteiger partial charge in [-0.3, -0.25) is 9.89 Å². The van der Waals surface area contributed by atoms with E-state index >= 15 is 0 Å². The fraction of sp³-hybridized carbons (Fsp3) is 0.267. The van der Waals surface area contributed by atoms with Gasteiger partial charge in [-0.05, 0) is 31.7 Å². The van der Waals surface area contributed by atoms with Gasteiger partial charge in [-0.2, -0.15) is 10.2 Å². The third-order valence-corrected chi connectivity index (χ3v) is 3.48. The molecule has 1 aromatic heterocycles. The second kappa shape index (κ2) is 5.28. The molecule has 2 aromatic rings. The van der Waals surface area contributed by atoms with Gasteiger partial charge in [-0.1, -0.05) is 29.8 Å². The maximum atomic E-state index is 12.0. The number of amides is 1. The molecule has 0 aliphatic heterocycles. The van der Waals surface area contributed by atoms with Crippen LogP contribution in [0.2, 0.25) is 0 Å². The Balaban J connectivity index is 1.66. The van der Waals surface area contributed by atoms with E-state index in [1.165, 1.54) is 5.56 Å². The third-order valence-electron chi connectivity index (χ3n) is 3.48. The maximum Gasteiger partial charge on any atom is 0.292 e. The summed E-state index contributed by atoms with van der Waals surface area (Å²) < 4.78 is 0. The number of fused-ring (bicyclic) bond motifs is 1. The van der Waals surface area contributed by atoms with Gasteiger partial charge in [0.05, 0.1) is 6.21 Å². The number of aryl methyl sites for hydroxylation is 2. The average Bonchev–Trinajstić information content (AvgIpc) is 3.03. The Morgan fingerprint density at radius 1 is 1.35 bits per heavy atom. The highest BCUT2D eigenvalue weighted by atomic mass is 16.2. The Morgan fingerprint density at radius 2 is 2.15 bits per heavy atom. The highest BCUT2D eigenvalue weighted by Gasteiger charge is 2.22. The minimum atomic E-state index is -0.257. The minimum absolute atomic E-state index is 0.257. The summed E-state index contributed by atoms with van der Waals surface area (Å²) in [6, 6.07) is 7.92. The van der Waals surface area contributed by atoms with E-state index < -0.39 is 0 Å². The highest BCUT2D eigenvalue weighted by molar-refractivity contribution is 5.94. The number of nitrogens with one attached hydrogen (secondary N) is 2. The highest BCUT2D eigenvalue weighted by Crippen LogP contribution is 2.22. The molecule has 1 amide bonds. The lowest BCUT2D eigenvalue weighted by Gasteiger charge is -1.98. The van der Waals surface area contributed by atoms with Crippen LogP contribution in [0.5, 0.6) is 0 Å². The summed E-state index contributed by atoms with van der Waals surface area (Å²) in [4.78, 5) is 12.0. The van der Waals surface area contributed by atoms with Crippen molar-refractivity contribution < 1.29 is 4.79 Å². The number of carbonyl (C=O) groups excluding carboxylic acids is 1. The molecule has 1 aromatic carbocycles. The van der Waals surface area contributed by atoms with E-state index in [-0.39, 0.29) is 5.91 Å². The van der Waals surface area contributed by atoms with Gasteiger partial charge in [0, 0.05) is 11.3 Å². The van der Waals surface area contributed by atoms with E-state index in [1.807, 2.05) is 31.2 Å². The smallest absolute Gasteiger partial charge is 0.281 e. The molecular weight excluding hydrogens is 252 g/mol. The van der Waals surface area contributed by atoms with Crippen LogP contribution in [-0.4, -0.2) is 22.3 Å². The zero-order chi connectivity index (χ0) is 13.9. The van der Waals surface area contributed by atoms with Crippen molar-refractivity contribution in [3.8, 4) is 0 Å². The van der Waals surface area contributed by atoms with Gasteiger partial charge < -0.3 is 0 Å². The number of aromatic amines is 1. The number of hydrogen-bond acceptors (Lipinski definition) is 3. The number of rotatable bonds is 3. The van der Waals surface area contributed by atoms with E-state index in [0.29, 0.717) is 5.69 Å². The van der Waals surface area contributed by atoms with Crippen molar-refractivity contribution in [3.63, 3.8) is 0 Å². The van der Waals surface area contributed by atoms with Gasteiger partial charge in [-0.15, -0.1) is 0 Å². The average molecular weight is 268 g/mol. The summed E-state index contributed by atoms with van der Waals surface area (Å²) in [6.45, 7) is 2.03. The zero-order valence-electron chi connectivity index (χ0n) is 11.3. The summed E-state index contributed by atoms with van der Waals surface area (Å²) >= 11 is 0. The standard InChI is InChI=1S/C15H16N4O/c1-10-5-7-11(8-6-10)9-16-19-15(20)14-12-3-2-4-13(12)17-18-14/h5-9H,2-4H2,1H3,(H,17,18)(H,19,20)/b16-9-. The molecule has 5 nitrogen and oxygen atoms in total. The number of carbonyl (C=O) groups is 1. The summed E-state index contributed by atoms with van der Waals surface area (Å²) in [5, 5.41) is 11.0. The van der Waals surface area contributed by atoms with E-state index in [0.717, 1.165) is 36.1 Å². The maximum absolute atomic E-state index is 12.0. The first-order valence-electron chi connectivity index (χ1n) is 6.70. The first kappa shape index (κ1) is 12.6. The Morgan fingerprint density at radius 3 is 2.95 bits per heavy atom. The summed E-state index contributed by atoms with van der Waals surface area (Å²) in [5.74, 6) is -0.257. The predicted octanol–water partition coefficient (Wildman–Crippen LogP) is 1.97. The molecule has 1 aliphatic rings. The zero-order valence-corrected chi connectivity index (χ0v) is 11.3. The lowest BCUT2D eigenvalue weighted by atomic mass is 10.2. The molecule has 0 bridgehead atoms. The number of H-pyrrole nitrogens is 1. The van der Waals surface area contributed by atoms with Crippen molar-refractivity contribution >= 4 is 12.1 Å². The first-order chi connectivity index (χ1) is 9.74. The monoisotopic (exact) mass is 268 g/mol. The lowest BCUT2D eigenvalue weighted by Crippen LogP contribution is -2.19. The molecule has 0 saturated heterocycles. The van der Waals surface area contributed by atoms with Crippen LogP contribution in [0, 0.1) is 6.92 Å². The van der Waals surface area contributed by atoms with Crippen molar-refractivity contribution in [2.75, 3.05) is 0 Å². The minimum Gasteiger partial charge on any atom is -0.281 e. The van der Waals surface area contributed by atoms with Crippen LogP contribution in [0.1, 0.15) is 39.3 Å². The van der Waals surface area contributed by atoms with Gasteiger partial charge in [0.15, 0.2) is 5.69 Å². The van der Waals surface area contributed by atoms with E-state index in [1.54, 1.807) is 6.21 Å². The number of benzene rings is 1. The van der Waals surface area contributed by atoms with Gasteiger partial charge in [0.1, 0.15) is 0 Å². The third kappa shape index (κ3) is 2.47. The predicted molar refractivity (Wildman–Crippen MR) is 76.9 cm³/mol. The van der Waals surface area contributed by atoms with Crippen molar-refractivity contribution in [1.82, 2.24) is 15.6 Å². The van der Waals surface area contributed by atoms with Crippen LogP contribution in [0.3, 0.4) is 0 Å². The number of hydrazone groups is 1. The molecule has 1 heterocycles. The van der Waals surface area contributed by atoms with Crippen LogP contribution < -0.4 is 5.43 Å². The number of nitrogens with zero attached hydrogens (tertiary/aromatic N) is 2. The Labute approximate surface area is 117 Å². The molecule has 20 heavy (non-hydrogen) atoms. The second-order valence-electron chi connectivity index (χ2n) is 4.99. The Kier molecular flexibility index (Phi) is 3.33. The Hall–Kier alpha value is -2.43. The first-order valence-corrected chi connectivity index (χ1v) is 6.70. The summed E-state index contributed by atoms with van der Waals surface area (Å²) in [5.41, 5.74) is 7.25. The van der Waals surface area contributed by atoms with Crippen LogP contribution >= 0.6 is 0 Å². The van der Waals surface area contributed by atoms with Gasteiger partial charge in [0.25, 0.3) is 5.91 Å². The molecule has 0 radical (unpaired) electrons. The SMILES string of the molecule is Cc1ccc(/C=N\NC(=O)c2n[nH]c3c2CCC3)cc1. The van der Waals surface area contributed by atoms with Crippen molar-refractivity contribution in [2.24, 2.45) is 5.10 Å². The fourth-order valence-corrected chi connectivity index (χ4v) is 2.38. The van der Waals surface area contributed by atoms with Crippen LogP contribution in [0.25, 0.3) is 0 Å². The molecule has 0 atom stereocenters. The van der Waals surface area contributed by atoms with Crippen LogP contribution in [0.15, 0.2) is 29.4 Å². The van der Waals surface area contributed by atoms with Crippen molar-refractivity contribution in [3.05, 3.63) is 52.3 Å². The number of aromatic nitrogens is 2. The second-order valence-corrected chi connectivity index (χ2v) is 4.99. The largest absolute Gasteiger partial charge is 0.292 e. The number of hydrogen-bond donors (Lipinski definition) is 2. The van der Waals surface area contributed by atoms with Crippen LogP contribution in [0.4, 0.5) is 0 Å². The molecule has 0 saturated carbocycles. The molecule has 5 heteroatoms. The van der Waals surface area contributed by atoms with Crippen molar-refractivity contribution in [1.29, 1.82) is 0 Å². The van der Waals surface area contributed by atoms with Gasteiger partial charge in [0.2, 0.25) is 0 Å².